The maximum Gasteiger partial charge on any atom is 0.315 e. The number of pyridine rings is 1. The molecule has 1 atom stereocenters. The fourth-order valence-corrected chi connectivity index (χ4v) is 2.68. The lowest BCUT2D eigenvalue weighted by molar-refractivity contribution is -0.143. The second-order valence-corrected chi connectivity index (χ2v) is 5.58. The summed E-state index contributed by atoms with van der Waals surface area (Å²) in [5.41, 5.74) is -0.250. The van der Waals surface area contributed by atoms with E-state index in [1.807, 2.05) is 6.07 Å². The zero-order valence-corrected chi connectivity index (χ0v) is 14.4. The molecule has 0 saturated heterocycles. The van der Waals surface area contributed by atoms with Crippen molar-refractivity contribution in [2.24, 2.45) is 0 Å². The number of benzene rings is 1. The molecule has 1 amide bonds. The minimum atomic E-state index is -1.19. The summed E-state index contributed by atoms with van der Waals surface area (Å²) in [6, 6.07) is 12.2. The quantitative estimate of drug-likeness (QED) is 0.770. The molecule has 1 aromatic heterocycles. The van der Waals surface area contributed by atoms with E-state index in [1.54, 1.807) is 56.4 Å². The lowest BCUT2D eigenvalue weighted by Crippen LogP contribution is -2.46. The lowest BCUT2D eigenvalue weighted by atomic mass is 9.78. The minimum absolute atomic E-state index is 0.0257. The molecule has 0 spiro atoms. The molecular weight excluding hydrogens is 320 g/mol. The van der Waals surface area contributed by atoms with Crippen LogP contribution in [0.15, 0.2) is 48.7 Å². The third kappa shape index (κ3) is 3.96. The van der Waals surface area contributed by atoms with Crippen molar-refractivity contribution in [3.05, 3.63) is 59.8 Å². The Kier molecular flexibility index (Phi) is 6.11. The molecular formula is C19H22N2O4. The first kappa shape index (κ1) is 18.4. The summed E-state index contributed by atoms with van der Waals surface area (Å²) in [6.45, 7) is 3.96. The van der Waals surface area contributed by atoms with E-state index >= 15 is 0 Å². The highest BCUT2D eigenvalue weighted by Crippen LogP contribution is 2.28. The number of nitrogens with zero attached hydrogens (tertiary/aromatic N) is 1. The molecule has 0 aliphatic rings. The van der Waals surface area contributed by atoms with Crippen molar-refractivity contribution < 1.29 is 19.4 Å². The van der Waals surface area contributed by atoms with Crippen LogP contribution in [-0.2, 0) is 10.2 Å². The normalized spacial score (nSPS) is 12.9. The van der Waals surface area contributed by atoms with Crippen LogP contribution in [0.5, 0.6) is 5.88 Å². The van der Waals surface area contributed by atoms with Gasteiger partial charge >= 0.3 is 5.97 Å². The van der Waals surface area contributed by atoms with Gasteiger partial charge in [-0.3, -0.25) is 9.59 Å². The Morgan fingerprint density at radius 2 is 1.88 bits per heavy atom. The molecule has 0 aliphatic carbocycles. The van der Waals surface area contributed by atoms with Gasteiger partial charge < -0.3 is 15.2 Å². The summed E-state index contributed by atoms with van der Waals surface area (Å²) in [5.74, 6) is -1.15. The molecule has 1 aromatic carbocycles. The predicted octanol–water partition coefficient (Wildman–Crippen LogP) is 2.64. The minimum Gasteiger partial charge on any atom is -0.481 e. The van der Waals surface area contributed by atoms with Gasteiger partial charge in [0.25, 0.3) is 5.91 Å². The van der Waals surface area contributed by atoms with Crippen molar-refractivity contribution in [3.63, 3.8) is 0 Å². The Morgan fingerprint density at radius 3 is 2.48 bits per heavy atom. The van der Waals surface area contributed by atoms with Crippen molar-refractivity contribution in [1.82, 2.24) is 10.3 Å². The van der Waals surface area contributed by atoms with Gasteiger partial charge in [0.15, 0.2) is 0 Å². The van der Waals surface area contributed by atoms with Crippen molar-refractivity contribution in [2.75, 3.05) is 13.2 Å². The van der Waals surface area contributed by atoms with Crippen LogP contribution in [0, 0.1) is 0 Å². The molecule has 0 radical (unpaired) electrons. The fraction of sp³-hybridized carbons (Fsp3) is 0.316. The number of carbonyl (C=O) groups excluding carboxylic acids is 1. The molecule has 1 heterocycles. The average Bonchev–Trinajstić information content (AvgIpc) is 2.64. The molecule has 1 unspecified atom stereocenters. The van der Waals surface area contributed by atoms with Crippen LogP contribution in [0.2, 0.25) is 0 Å². The zero-order valence-electron chi connectivity index (χ0n) is 14.4. The van der Waals surface area contributed by atoms with Gasteiger partial charge in [-0.25, -0.2) is 4.98 Å². The van der Waals surface area contributed by atoms with Gasteiger partial charge in [0, 0.05) is 12.7 Å². The monoisotopic (exact) mass is 342 g/mol. The number of carboxylic acid groups (broad SMARTS) is 1. The van der Waals surface area contributed by atoms with E-state index in [9.17, 15) is 14.7 Å². The zero-order chi connectivity index (χ0) is 18.3. The molecule has 0 bridgehead atoms. The van der Waals surface area contributed by atoms with E-state index in [2.05, 4.69) is 10.3 Å². The molecule has 6 heteroatoms. The van der Waals surface area contributed by atoms with E-state index in [1.165, 1.54) is 0 Å². The number of aromatic nitrogens is 1. The molecule has 6 nitrogen and oxygen atoms in total. The summed E-state index contributed by atoms with van der Waals surface area (Å²) in [6.07, 6.45) is 1.89. The first-order chi connectivity index (χ1) is 12.0. The van der Waals surface area contributed by atoms with Crippen LogP contribution in [0.4, 0.5) is 0 Å². The Morgan fingerprint density at radius 1 is 1.16 bits per heavy atom. The van der Waals surface area contributed by atoms with E-state index < -0.39 is 17.3 Å². The maximum atomic E-state index is 12.5. The highest BCUT2D eigenvalue weighted by atomic mass is 16.5. The molecule has 132 valence electrons. The van der Waals surface area contributed by atoms with Gasteiger partial charge in [-0.15, -0.1) is 0 Å². The molecule has 2 aromatic rings. The smallest absolute Gasteiger partial charge is 0.315 e. The van der Waals surface area contributed by atoms with Gasteiger partial charge in [-0.1, -0.05) is 37.3 Å². The highest BCUT2D eigenvalue weighted by molar-refractivity contribution is 5.97. The maximum absolute atomic E-state index is 12.5. The van der Waals surface area contributed by atoms with Crippen LogP contribution in [0.1, 0.15) is 36.2 Å². The molecule has 0 fully saturated rings. The first-order valence-electron chi connectivity index (χ1n) is 8.20. The average molecular weight is 342 g/mol. The number of carbonyl (C=O) groups is 2. The number of hydrogen-bond donors (Lipinski definition) is 2. The Balaban J connectivity index is 2.24. The van der Waals surface area contributed by atoms with E-state index in [-0.39, 0.29) is 18.0 Å². The van der Waals surface area contributed by atoms with Gasteiger partial charge in [0.1, 0.15) is 11.0 Å². The lowest BCUT2D eigenvalue weighted by Gasteiger charge is -2.29. The number of nitrogens with one attached hydrogen (secondary N) is 1. The molecule has 25 heavy (non-hydrogen) atoms. The van der Waals surface area contributed by atoms with Crippen LogP contribution in [-0.4, -0.2) is 35.1 Å². The number of hydrogen-bond acceptors (Lipinski definition) is 4. The summed E-state index contributed by atoms with van der Waals surface area (Å²) in [4.78, 5) is 28.6. The van der Waals surface area contributed by atoms with Crippen LogP contribution in [0.25, 0.3) is 0 Å². The van der Waals surface area contributed by atoms with Gasteiger partial charge in [0.2, 0.25) is 5.88 Å². The van der Waals surface area contributed by atoms with Crippen LogP contribution >= 0.6 is 0 Å². The predicted molar refractivity (Wildman–Crippen MR) is 93.8 cm³/mol. The first-order valence-corrected chi connectivity index (χ1v) is 8.20. The SMILES string of the molecule is CCOc1ncccc1C(=O)NCC(CC)(C(=O)O)c1ccccc1. The number of amides is 1. The summed E-state index contributed by atoms with van der Waals surface area (Å²) in [5, 5.41) is 12.5. The van der Waals surface area contributed by atoms with E-state index in [0.29, 0.717) is 18.6 Å². The molecule has 0 saturated carbocycles. The highest BCUT2D eigenvalue weighted by Gasteiger charge is 2.39. The summed E-state index contributed by atoms with van der Waals surface area (Å²) >= 11 is 0. The van der Waals surface area contributed by atoms with Crippen molar-refractivity contribution >= 4 is 11.9 Å². The topological polar surface area (TPSA) is 88.5 Å². The third-order valence-corrected chi connectivity index (χ3v) is 4.19. The van der Waals surface area contributed by atoms with Gasteiger partial charge in [-0.2, -0.15) is 0 Å². The Hall–Kier alpha value is -2.89. The standard InChI is InChI=1S/C19H22N2O4/c1-3-19(18(23)24,14-9-6-5-7-10-14)13-21-16(22)15-11-8-12-20-17(15)25-4-2/h5-12H,3-4,13H2,1-2H3,(H,21,22)(H,23,24). The van der Waals surface area contributed by atoms with E-state index in [0.717, 1.165) is 0 Å². The number of ether oxygens (including phenoxy) is 1. The van der Waals surface area contributed by atoms with Gasteiger partial charge in [-0.05, 0) is 31.0 Å². The summed E-state index contributed by atoms with van der Waals surface area (Å²) < 4.78 is 5.36. The largest absolute Gasteiger partial charge is 0.481 e. The third-order valence-electron chi connectivity index (χ3n) is 4.19. The second-order valence-electron chi connectivity index (χ2n) is 5.58. The van der Waals surface area contributed by atoms with Gasteiger partial charge in [0.05, 0.1) is 6.61 Å². The Bertz CT molecular complexity index is 733. The number of aliphatic carboxylic acids is 1. The van der Waals surface area contributed by atoms with Crippen molar-refractivity contribution in [3.8, 4) is 5.88 Å². The molecule has 0 aliphatic heterocycles. The summed E-state index contributed by atoms with van der Waals surface area (Å²) in [7, 11) is 0. The van der Waals surface area contributed by atoms with E-state index in [4.69, 9.17) is 4.74 Å². The Labute approximate surface area is 146 Å². The van der Waals surface area contributed by atoms with Crippen molar-refractivity contribution in [1.29, 1.82) is 0 Å². The molecule has 2 rings (SSSR count). The number of rotatable bonds is 8. The molecule has 2 N–H and O–H groups in total. The van der Waals surface area contributed by atoms with Crippen molar-refractivity contribution in [2.45, 2.75) is 25.7 Å². The number of carboxylic acids is 1. The van der Waals surface area contributed by atoms with Crippen LogP contribution < -0.4 is 10.1 Å². The fourth-order valence-electron chi connectivity index (χ4n) is 2.68. The van der Waals surface area contributed by atoms with Crippen LogP contribution in [0.3, 0.4) is 0 Å². The second kappa shape index (κ2) is 8.28.